The molecule has 0 radical (unpaired) electrons. The van der Waals surface area contributed by atoms with Crippen molar-refractivity contribution in [3.05, 3.63) is 35.9 Å². The van der Waals surface area contributed by atoms with E-state index in [2.05, 4.69) is 25.1 Å². The van der Waals surface area contributed by atoms with E-state index < -0.39 is 0 Å². The number of thioether (sulfide) groups is 1. The van der Waals surface area contributed by atoms with E-state index in [-0.39, 0.29) is 11.9 Å². The fourth-order valence-electron chi connectivity index (χ4n) is 1.93. The van der Waals surface area contributed by atoms with E-state index in [0.717, 1.165) is 17.9 Å². The maximum absolute atomic E-state index is 12.0. The van der Waals surface area contributed by atoms with Crippen molar-refractivity contribution in [2.75, 3.05) is 25.6 Å². The van der Waals surface area contributed by atoms with Gasteiger partial charge < -0.3 is 9.64 Å². The molecule has 0 aliphatic rings. The molecular weight excluding hydrogens is 270 g/mol. The number of hydrogen-bond donors (Lipinski definition) is 0. The Balaban J connectivity index is 2.35. The molecule has 0 amide bonds. The molecular formula is C16H25NO2S. The Morgan fingerprint density at radius 2 is 1.95 bits per heavy atom. The summed E-state index contributed by atoms with van der Waals surface area (Å²) in [6.07, 6.45) is 2.10. The molecule has 1 aromatic rings. The average Bonchev–Trinajstić information content (AvgIpc) is 2.45. The second-order valence-corrected chi connectivity index (χ2v) is 6.15. The number of benzene rings is 1. The molecule has 0 N–H and O–H groups in total. The summed E-state index contributed by atoms with van der Waals surface area (Å²) in [5.41, 5.74) is 1.03. The van der Waals surface area contributed by atoms with Crippen LogP contribution in [0.15, 0.2) is 30.3 Å². The van der Waals surface area contributed by atoms with Gasteiger partial charge in [-0.05, 0) is 25.8 Å². The van der Waals surface area contributed by atoms with Gasteiger partial charge in [0.1, 0.15) is 6.61 Å². The Hall–Kier alpha value is -1.00. The minimum atomic E-state index is -0.128. The van der Waals surface area contributed by atoms with Crippen LogP contribution in [-0.2, 0) is 16.1 Å². The molecule has 3 nitrogen and oxygen atoms in total. The van der Waals surface area contributed by atoms with Crippen LogP contribution < -0.4 is 0 Å². The maximum atomic E-state index is 12.0. The largest absolute Gasteiger partial charge is 0.461 e. The van der Waals surface area contributed by atoms with E-state index >= 15 is 0 Å². The summed E-state index contributed by atoms with van der Waals surface area (Å²) in [5, 5.41) is 0. The fourth-order valence-corrected chi connectivity index (χ4v) is 2.66. The highest BCUT2D eigenvalue weighted by Crippen LogP contribution is 2.09. The highest BCUT2D eigenvalue weighted by atomic mass is 32.2. The van der Waals surface area contributed by atoms with Gasteiger partial charge in [-0.2, -0.15) is 11.8 Å². The summed E-state index contributed by atoms with van der Waals surface area (Å²) in [4.78, 5) is 14.2. The third-order valence-electron chi connectivity index (χ3n) is 3.35. The first-order valence-corrected chi connectivity index (χ1v) is 8.33. The summed E-state index contributed by atoms with van der Waals surface area (Å²) in [7, 11) is 2.06. The molecule has 0 fully saturated rings. The Labute approximate surface area is 126 Å². The van der Waals surface area contributed by atoms with Crippen molar-refractivity contribution in [3.8, 4) is 0 Å². The van der Waals surface area contributed by atoms with E-state index in [1.165, 1.54) is 0 Å². The van der Waals surface area contributed by atoms with Gasteiger partial charge >= 0.3 is 5.97 Å². The van der Waals surface area contributed by atoms with Gasteiger partial charge in [0.05, 0.1) is 5.92 Å². The molecule has 0 bridgehead atoms. The van der Waals surface area contributed by atoms with E-state index in [4.69, 9.17) is 4.74 Å². The third-order valence-corrected chi connectivity index (χ3v) is 4.16. The summed E-state index contributed by atoms with van der Waals surface area (Å²) in [6, 6.07) is 10.2. The van der Waals surface area contributed by atoms with Crippen molar-refractivity contribution in [2.45, 2.75) is 26.5 Å². The molecule has 0 aliphatic carbocycles. The summed E-state index contributed by atoms with van der Waals surface area (Å²) in [6.45, 7) is 5.19. The Bertz CT molecular complexity index is 397. The normalized spacial score (nSPS) is 14.1. The van der Waals surface area contributed by atoms with Crippen molar-refractivity contribution in [1.29, 1.82) is 0 Å². The van der Waals surface area contributed by atoms with Crippen molar-refractivity contribution in [1.82, 2.24) is 4.90 Å². The van der Waals surface area contributed by atoms with Crippen LogP contribution in [0.1, 0.15) is 19.4 Å². The zero-order valence-corrected chi connectivity index (χ0v) is 13.7. The van der Waals surface area contributed by atoms with Crippen molar-refractivity contribution < 1.29 is 9.53 Å². The first-order chi connectivity index (χ1) is 9.54. The Kier molecular flexibility index (Phi) is 7.70. The van der Waals surface area contributed by atoms with Gasteiger partial charge in [0, 0.05) is 18.3 Å². The van der Waals surface area contributed by atoms with Crippen LogP contribution in [0.5, 0.6) is 0 Å². The van der Waals surface area contributed by atoms with Gasteiger partial charge in [0.2, 0.25) is 0 Å². The third kappa shape index (κ3) is 5.97. The van der Waals surface area contributed by atoms with Crippen LogP contribution >= 0.6 is 11.8 Å². The molecule has 0 spiro atoms. The Morgan fingerprint density at radius 1 is 1.30 bits per heavy atom. The first kappa shape index (κ1) is 17.1. The molecule has 1 aromatic carbocycles. The molecule has 0 saturated heterocycles. The van der Waals surface area contributed by atoms with Crippen molar-refractivity contribution >= 4 is 17.7 Å². The minimum absolute atomic E-state index is 0.104. The molecule has 2 unspecified atom stereocenters. The first-order valence-electron chi connectivity index (χ1n) is 6.94. The second kappa shape index (κ2) is 9.03. The van der Waals surface area contributed by atoms with E-state index in [0.29, 0.717) is 12.6 Å². The van der Waals surface area contributed by atoms with Crippen LogP contribution in [0.2, 0.25) is 0 Å². The van der Waals surface area contributed by atoms with Crippen molar-refractivity contribution in [3.63, 3.8) is 0 Å². The van der Waals surface area contributed by atoms with E-state index in [1.54, 1.807) is 0 Å². The average molecular weight is 295 g/mol. The lowest BCUT2D eigenvalue weighted by Gasteiger charge is -2.26. The lowest BCUT2D eigenvalue weighted by atomic mass is 10.1. The molecule has 0 aromatic heterocycles. The molecule has 20 heavy (non-hydrogen) atoms. The van der Waals surface area contributed by atoms with Gasteiger partial charge in [-0.25, -0.2) is 0 Å². The zero-order valence-electron chi connectivity index (χ0n) is 12.8. The Morgan fingerprint density at radius 3 is 2.55 bits per heavy atom. The van der Waals surface area contributed by atoms with Gasteiger partial charge in [0.25, 0.3) is 0 Å². The molecule has 4 heteroatoms. The number of esters is 1. The quantitative estimate of drug-likeness (QED) is 0.689. The predicted octanol–water partition coefficient (Wildman–Crippen LogP) is 3.05. The molecule has 1 rings (SSSR count). The highest BCUT2D eigenvalue weighted by Gasteiger charge is 2.19. The van der Waals surface area contributed by atoms with E-state index in [1.807, 2.05) is 49.0 Å². The van der Waals surface area contributed by atoms with Gasteiger partial charge in [-0.3, -0.25) is 4.79 Å². The smallest absolute Gasteiger partial charge is 0.310 e. The zero-order chi connectivity index (χ0) is 15.0. The number of carbonyl (C=O) groups excluding carboxylic acids is 1. The van der Waals surface area contributed by atoms with Gasteiger partial charge in [-0.1, -0.05) is 37.3 Å². The van der Waals surface area contributed by atoms with Gasteiger partial charge in [-0.15, -0.1) is 0 Å². The highest BCUT2D eigenvalue weighted by molar-refractivity contribution is 7.98. The topological polar surface area (TPSA) is 29.5 Å². The van der Waals surface area contributed by atoms with Crippen LogP contribution in [0.25, 0.3) is 0 Å². The van der Waals surface area contributed by atoms with Crippen LogP contribution in [0.4, 0.5) is 0 Å². The predicted molar refractivity (Wildman–Crippen MR) is 85.9 cm³/mol. The molecule has 0 aliphatic heterocycles. The number of carbonyl (C=O) groups is 1. The second-order valence-electron chi connectivity index (χ2n) is 5.24. The SMILES string of the molecule is CSCC(C)N(C)CC(C)C(=O)OCc1ccccc1. The van der Waals surface area contributed by atoms with Crippen LogP contribution in [-0.4, -0.2) is 42.5 Å². The summed E-state index contributed by atoms with van der Waals surface area (Å²) in [5.74, 6) is 0.840. The fraction of sp³-hybridized carbons (Fsp3) is 0.562. The number of hydrogen-bond acceptors (Lipinski definition) is 4. The lowest BCUT2D eigenvalue weighted by Crippen LogP contribution is -2.37. The number of rotatable bonds is 8. The standard InChI is InChI=1S/C16H25NO2S/c1-13(10-17(3)14(2)12-20-4)16(18)19-11-15-8-6-5-7-9-15/h5-9,13-14H,10-12H2,1-4H3. The van der Waals surface area contributed by atoms with Crippen LogP contribution in [0.3, 0.4) is 0 Å². The molecule has 112 valence electrons. The van der Waals surface area contributed by atoms with Gasteiger partial charge in [0.15, 0.2) is 0 Å². The lowest BCUT2D eigenvalue weighted by molar-refractivity contribution is -0.149. The summed E-state index contributed by atoms with van der Waals surface area (Å²) >= 11 is 1.82. The molecule has 0 heterocycles. The minimum Gasteiger partial charge on any atom is -0.461 e. The number of nitrogens with zero attached hydrogens (tertiary/aromatic N) is 1. The van der Waals surface area contributed by atoms with E-state index in [9.17, 15) is 4.79 Å². The molecule has 0 saturated carbocycles. The summed E-state index contributed by atoms with van der Waals surface area (Å²) < 4.78 is 5.36. The number of ether oxygens (including phenoxy) is 1. The maximum Gasteiger partial charge on any atom is 0.310 e. The molecule has 2 atom stereocenters. The monoisotopic (exact) mass is 295 g/mol. The van der Waals surface area contributed by atoms with Crippen molar-refractivity contribution in [2.24, 2.45) is 5.92 Å². The van der Waals surface area contributed by atoms with Crippen LogP contribution in [0, 0.1) is 5.92 Å².